The molecule has 70 valence electrons. The first-order valence-electron chi connectivity index (χ1n) is 5.02. The Morgan fingerprint density at radius 3 is 3.00 bits per heavy atom. The molecule has 0 saturated heterocycles. The molecule has 0 fully saturated rings. The Balaban J connectivity index is 2.26. The summed E-state index contributed by atoms with van der Waals surface area (Å²) in [7, 11) is 0. The number of halogens is 1. The van der Waals surface area contributed by atoms with E-state index >= 15 is 0 Å². The quantitative estimate of drug-likeness (QED) is 0.406. The van der Waals surface area contributed by atoms with E-state index in [0.29, 0.717) is 5.92 Å². The summed E-state index contributed by atoms with van der Waals surface area (Å²) >= 11 is 6.27. The van der Waals surface area contributed by atoms with Crippen molar-refractivity contribution in [2.24, 2.45) is 5.92 Å². The predicted octanol–water partition coefficient (Wildman–Crippen LogP) is 3.84. The van der Waals surface area contributed by atoms with E-state index in [1.165, 1.54) is 18.4 Å². The van der Waals surface area contributed by atoms with E-state index in [1.807, 2.05) is 0 Å². The normalized spacial score (nSPS) is 33.2. The summed E-state index contributed by atoms with van der Waals surface area (Å²) in [6.45, 7) is 0. The fraction of sp³-hybridized carbons (Fsp3) is 0.500. The molecule has 0 radical (unpaired) electrons. The van der Waals surface area contributed by atoms with Gasteiger partial charge in [0.1, 0.15) is 0 Å². The average molecular weight is 195 g/mol. The zero-order valence-corrected chi connectivity index (χ0v) is 8.50. The van der Waals surface area contributed by atoms with Gasteiger partial charge in [-0.2, -0.15) is 0 Å². The van der Waals surface area contributed by atoms with Gasteiger partial charge in [-0.05, 0) is 31.6 Å². The van der Waals surface area contributed by atoms with Crippen molar-refractivity contribution >= 4 is 11.6 Å². The highest BCUT2D eigenvalue weighted by atomic mass is 35.5. The number of allylic oxidation sites excluding steroid dienone is 6. The van der Waals surface area contributed by atoms with Crippen LogP contribution in [0.25, 0.3) is 0 Å². The summed E-state index contributed by atoms with van der Waals surface area (Å²) in [5.74, 6) is 0.646. The lowest BCUT2D eigenvalue weighted by molar-refractivity contribution is 0.662. The highest BCUT2D eigenvalue weighted by Gasteiger charge is 2.14. The number of hydrogen-bond acceptors (Lipinski definition) is 0. The van der Waals surface area contributed by atoms with Crippen molar-refractivity contribution in [2.75, 3.05) is 0 Å². The number of rotatable bonds is 0. The Bertz CT molecular complexity index is 260. The molecule has 2 rings (SSSR count). The Labute approximate surface area is 85.0 Å². The van der Waals surface area contributed by atoms with Gasteiger partial charge in [0.05, 0.1) is 5.38 Å². The van der Waals surface area contributed by atoms with Gasteiger partial charge >= 0.3 is 0 Å². The van der Waals surface area contributed by atoms with Crippen LogP contribution in [0.15, 0.2) is 36.0 Å². The zero-order valence-electron chi connectivity index (χ0n) is 7.75. The molecule has 0 spiro atoms. The minimum absolute atomic E-state index is 0.240. The van der Waals surface area contributed by atoms with Crippen LogP contribution in [-0.4, -0.2) is 5.38 Å². The van der Waals surface area contributed by atoms with Crippen LogP contribution < -0.4 is 0 Å². The predicted molar refractivity (Wildman–Crippen MR) is 58.0 cm³/mol. The van der Waals surface area contributed by atoms with Gasteiger partial charge in [0.25, 0.3) is 0 Å². The molecule has 2 atom stereocenters. The third-order valence-corrected chi connectivity index (χ3v) is 3.25. The first-order chi connectivity index (χ1) is 6.36. The van der Waals surface area contributed by atoms with Crippen LogP contribution in [0.2, 0.25) is 0 Å². The SMILES string of the molecule is ClC1CC=CC2C=CCC=C1CC2. The van der Waals surface area contributed by atoms with E-state index in [-0.39, 0.29) is 5.38 Å². The van der Waals surface area contributed by atoms with E-state index < -0.39 is 0 Å². The third kappa shape index (κ3) is 2.25. The lowest BCUT2D eigenvalue weighted by Crippen LogP contribution is -2.08. The van der Waals surface area contributed by atoms with Gasteiger partial charge in [-0.15, -0.1) is 11.6 Å². The van der Waals surface area contributed by atoms with Gasteiger partial charge in [0.2, 0.25) is 0 Å². The van der Waals surface area contributed by atoms with Crippen LogP contribution in [-0.2, 0) is 0 Å². The number of alkyl halides is 1. The fourth-order valence-corrected chi connectivity index (χ4v) is 2.27. The maximum Gasteiger partial charge on any atom is 0.0579 e. The average Bonchev–Trinajstić information content (AvgIpc) is 2.07. The van der Waals surface area contributed by atoms with Crippen LogP contribution in [0.1, 0.15) is 25.7 Å². The van der Waals surface area contributed by atoms with Crippen molar-refractivity contribution < 1.29 is 0 Å². The van der Waals surface area contributed by atoms with Gasteiger partial charge in [0.15, 0.2) is 0 Å². The molecule has 0 saturated carbocycles. The molecule has 2 aliphatic rings. The van der Waals surface area contributed by atoms with E-state index in [9.17, 15) is 0 Å². The van der Waals surface area contributed by atoms with E-state index in [4.69, 9.17) is 11.6 Å². The molecular formula is C12H15Cl. The summed E-state index contributed by atoms with van der Waals surface area (Å²) in [6, 6.07) is 0. The van der Waals surface area contributed by atoms with Crippen LogP contribution in [0.3, 0.4) is 0 Å². The van der Waals surface area contributed by atoms with Crippen molar-refractivity contribution in [1.82, 2.24) is 0 Å². The second-order valence-corrected chi connectivity index (χ2v) is 4.30. The van der Waals surface area contributed by atoms with Gasteiger partial charge in [-0.25, -0.2) is 0 Å². The maximum absolute atomic E-state index is 6.27. The molecule has 0 N–H and O–H groups in total. The second-order valence-electron chi connectivity index (χ2n) is 3.78. The maximum atomic E-state index is 6.27. The monoisotopic (exact) mass is 194 g/mol. The molecule has 1 heteroatoms. The standard InChI is InChI=1S/C12H15Cl/c13-12-7-3-5-10-4-1-2-6-11(12)9-8-10/h1,3-6,10,12H,2,7-9H2. The first kappa shape index (κ1) is 9.08. The van der Waals surface area contributed by atoms with E-state index in [0.717, 1.165) is 12.8 Å². The molecule has 0 aromatic carbocycles. The summed E-state index contributed by atoms with van der Waals surface area (Å²) < 4.78 is 0. The molecule has 2 aliphatic carbocycles. The summed E-state index contributed by atoms with van der Waals surface area (Å²) in [5, 5.41) is 0.240. The minimum atomic E-state index is 0.240. The Hall–Kier alpha value is -0.490. The zero-order chi connectivity index (χ0) is 9.10. The Morgan fingerprint density at radius 2 is 2.08 bits per heavy atom. The number of fused-ring (bicyclic) bond motifs is 3. The summed E-state index contributed by atoms with van der Waals surface area (Å²) in [6.07, 6.45) is 15.8. The van der Waals surface area contributed by atoms with Crippen molar-refractivity contribution in [3.05, 3.63) is 36.0 Å². The van der Waals surface area contributed by atoms with E-state index in [1.54, 1.807) is 0 Å². The highest BCUT2D eigenvalue weighted by molar-refractivity contribution is 6.22. The molecule has 13 heavy (non-hydrogen) atoms. The van der Waals surface area contributed by atoms with Gasteiger partial charge in [-0.1, -0.05) is 36.0 Å². The minimum Gasteiger partial charge on any atom is -0.118 e. The molecule has 2 unspecified atom stereocenters. The molecule has 0 aromatic heterocycles. The van der Waals surface area contributed by atoms with Gasteiger partial charge in [-0.3, -0.25) is 0 Å². The van der Waals surface area contributed by atoms with Crippen molar-refractivity contribution in [3.63, 3.8) is 0 Å². The Morgan fingerprint density at radius 1 is 1.23 bits per heavy atom. The molecule has 0 aliphatic heterocycles. The van der Waals surface area contributed by atoms with Crippen molar-refractivity contribution in [3.8, 4) is 0 Å². The molecule has 0 aromatic rings. The topological polar surface area (TPSA) is 0 Å². The third-order valence-electron chi connectivity index (χ3n) is 2.79. The van der Waals surface area contributed by atoms with Crippen molar-refractivity contribution in [2.45, 2.75) is 31.1 Å². The largest absolute Gasteiger partial charge is 0.118 e. The second kappa shape index (κ2) is 4.15. The van der Waals surface area contributed by atoms with Gasteiger partial charge < -0.3 is 0 Å². The van der Waals surface area contributed by atoms with Crippen LogP contribution in [0.5, 0.6) is 0 Å². The molecule has 2 bridgehead atoms. The van der Waals surface area contributed by atoms with E-state index in [2.05, 4.69) is 30.4 Å². The molecule has 0 nitrogen and oxygen atoms in total. The number of hydrogen-bond donors (Lipinski definition) is 0. The van der Waals surface area contributed by atoms with Crippen LogP contribution >= 0.6 is 11.6 Å². The van der Waals surface area contributed by atoms with Crippen LogP contribution in [0.4, 0.5) is 0 Å². The van der Waals surface area contributed by atoms with Crippen LogP contribution in [0, 0.1) is 5.92 Å². The fourth-order valence-electron chi connectivity index (χ4n) is 1.97. The Kier molecular flexibility index (Phi) is 2.90. The molecular weight excluding hydrogens is 180 g/mol. The summed E-state index contributed by atoms with van der Waals surface area (Å²) in [5.41, 5.74) is 1.44. The molecule has 0 heterocycles. The highest BCUT2D eigenvalue weighted by Crippen LogP contribution is 2.28. The summed E-state index contributed by atoms with van der Waals surface area (Å²) in [4.78, 5) is 0. The lowest BCUT2D eigenvalue weighted by atomic mass is 9.90. The molecule has 0 amide bonds. The smallest absolute Gasteiger partial charge is 0.0579 e. The first-order valence-corrected chi connectivity index (χ1v) is 5.46. The van der Waals surface area contributed by atoms with Gasteiger partial charge in [0, 0.05) is 0 Å². The van der Waals surface area contributed by atoms with Crippen molar-refractivity contribution in [1.29, 1.82) is 0 Å². The lowest BCUT2D eigenvalue weighted by Gasteiger charge is -2.19.